The molecule has 1 unspecified atom stereocenters. The molecule has 0 N–H and O–H groups in total. The van der Waals surface area contributed by atoms with Gasteiger partial charge in [0.25, 0.3) is 0 Å². The number of allylic oxidation sites excluding steroid dienone is 20. The van der Waals surface area contributed by atoms with Gasteiger partial charge in [-0.05, 0) is 128 Å². The number of ether oxygens (including phenoxy) is 3. The van der Waals surface area contributed by atoms with Gasteiger partial charge in [0, 0.05) is 19.3 Å². The van der Waals surface area contributed by atoms with Gasteiger partial charge in [-0.1, -0.05) is 264 Å². The Balaban J connectivity index is 4.42. The lowest BCUT2D eigenvalue weighted by Gasteiger charge is -2.18. The molecule has 0 aromatic rings. The lowest BCUT2D eigenvalue weighted by Crippen LogP contribution is -2.30. The van der Waals surface area contributed by atoms with E-state index < -0.39 is 6.10 Å². The first-order chi connectivity index (χ1) is 38.0. The molecule has 0 aromatic carbocycles. The predicted molar refractivity (Wildman–Crippen MR) is 334 cm³/mol. The smallest absolute Gasteiger partial charge is 0.306 e. The summed E-state index contributed by atoms with van der Waals surface area (Å²) in [6.07, 6.45) is 89.1. The van der Waals surface area contributed by atoms with E-state index in [1.807, 2.05) is 0 Å². The van der Waals surface area contributed by atoms with Crippen LogP contribution in [-0.2, 0) is 28.6 Å². The van der Waals surface area contributed by atoms with Gasteiger partial charge in [-0.15, -0.1) is 0 Å². The molecule has 0 rings (SSSR count). The third-order valence-electron chi connectivity index (χ3n) is 13.4. The largest absolute Gasteiger partial charge is 0.462 e. The van der Waals surface area contributed by atoms with Crippen molar-refractivity contribution < 1.29 is 28.6 Å². The third kappa shape index (κ3) is 62.5. The summed E-state index contributed by atoms with van der Waals surface area (Å²) in [6.45, 7) is 6.39. The molecule has 0 amide bonds. The minimum Gasteiger partial charge on any atom is -0.462 e. The van der Waals surface area contributed by atoms with Crippen LogP contribution in [0, 0.1) is 0 Å². The van der Waals surface area contributed by atoms with Crippen molar-refractivity contribution in [2.45, 2.75) is 297 Å². The van der Waals surface area contributed by atoms with Crippen LogP contribution in [0.3, 0.4) is 0 Å². The van der Waals surface area contributed by atoms with Crippen molar-refractivity contribution in [2.75, 3.05) is 13.2 Å². The average Bonchev–Trinajstić information content (AvgIpc) is 3.43. The van der Waals surface area contributed by atoms with Crippen LogP contribution in [-0.4, -0.2) is 37.2 Å². The highest BCUT2D eigenvalue weighted by Crippen LogP contribution is 2.15. The highest BCUT2D eigenvalue weighted by Gasteiger charge is 2.19. The second kappa shape index (κ2) is 64.3. The summed E-state index contributed by atoms with van der Waals surface area (Å²) in [4.78, 5) is 38.3. The van der Waals surface area contributed by atoms with Gasteiger partial charge in [-0.2, -0.15) is 0 Å². The van der Waals surface area contributed by atoms with E-state index in [4.69, 9.17) is 14.2 Å². The zero-order valence-corrected chi connectivity index (χ0v) is 50.2. The number of rotatable bonds is 57. The molecular formula is C71H118O6. The van der Waals surface area contributed by atoms with E-state index in [9.17, 15) is 14.4 Å². The quantitative estimate of drug-likeness (QED) is 0.0261. The Morgan fingerprint density at radius 1 is 0.273 bits per heavy atom. The van der Waals surface area contributed by atoms with Crippen molar-refractivity contribution in [3.05, 3.63) is 122 Å². The molecule has 6 heteroatoms. The maximum atomic E-state index is 12.9. The topological polar surface area (TPSA) is 78.9 Å². The van der Waals surface area contributed by atoms with Crippen molar-refractivity contribution >= 4 is 17.9 Å². The summed E-state index contributed by atoms with van der Waals surface area (Å²) in [6, 6.07) is 0. The van der Waals surface area contributed by atoms with Crippen LogP contribution >= 0.6 is 0 Å². The van der Waals surface area contributed by atoms with E-state index in [1.54, 1.807) is 0 Å². The fraction of sp³-hybridized carbons (Fsp3) is 0.676. The molecule has 0 bridgehead atoms. The van der Waals surface area contributed by atoms with Crippen LogP contribution < -0.4 is 0 Å². The molecule has 0 saturated carbocycles. The summed E-state index contributed by atoms with van der Waals surface area (Å²) in [5.74, 6) is -0.929. The Kier molecular flexibility index (Phi) is 60.8. The highest BCUT2D eigenvalue weighted by molar-refractivity contribution is 5.71. The second-order valence-corrected chi connectivity index (χ2v) is 20.9. The van der Waals surface area contributed by atoms with E-state index >= 15 is 0 Å². The monoisotopic (exact) mass is 1070 g/mol. The fourth-order valence-corrected chi connectivity index (χ4v) is 8.69. The fourth-order valence-electron chi connectivity index (χ4n) is 8.69. The lowest BCUT2D eigenvalue weighted by molar-refractivity contribution is -0.167. The van der Waals surface area contributed by atoms with Crippen molar-refractivity contribution in [1.82, 2.24) is 0 Å². The van der Waals surface area contributed by atoms with Crippen LogP contribution in [0.25, 0.3) is 0 Å². The Hall–Kier alpha value is -4.19. The standard InChI is InChI=1S/C71H118O6/c1-4-7-10-13-16-19-22-25-28-30-32-34-35-37-38-40-43-46-49-52-55-58-61-64-70(73)76-67-68(66-75-69(72)63-60-57-54-51-48-45-42-27-24-21-18-15-12-9-6-3)77-71(74)65-62-59-56-53-50-47-44-41-39-36-33-31-29-26-23-20-17-14-11-8-5-2/h8-9,11-12,17-18,20-22,25-27,29-30,32-33,36,41-42,44,68H,4-7,10,13-16,19,23-24,28,31,34-35,37-40,43,45-67H2,1-3H3/b11-8-,12-9-,20-17-,21-18-,25-22-,29-26-,32-30-,36-33-,42-27-,44-41-. The highest BCUT2D eigenvalue weighted by atomic mass is 16.6. The maximum absolute atomic E-state index is 12.9. The Morgan fingerprint density at radius 3 is 0.792 bits per heavy atom. The summed E-state index contributed by atoms with van der Waals surface area (Å²) in [5.41, 5.74) is 0. The molecule has 0 heterocycles. The Morgan fingerprint density at radius 2 is 0.506 bits per heavy atom. The number of carbonyl (C=O) groups is 3. The zero-order valence-electron chi connectivity index (χ0n) is 50.2. The summed E-state index contributed by atoms with van der Waals surface area (Å²) in [7, 11) is 0. The molecule has 0 aliphatic rings. The van der Waals surface area contributed by atoms with Crippen molar-refractivity contribution in [3.63, 3.8) is 0 Å². The summed E-state index contributed by atoms with van der Waals surface area (Å²) < 4.78 is 16.9. The van der Waals surface area contributed by atoms with Crippen LogP contribution in [0.4, 0.5) is 0 Å². The molecule has 6 nitrogen and oxygen atoms in total. The number of hydrogen-bond donors (Lipinski definition) is 0. The zero-order chi connectivity index (χ0) is 55.7. The van der Waals surface area contributed by atoms with Gasteiger partial charge in [0.1, 0.15) is 13.2 Å². The van der Waals surface area contributed by atoms with E-state index in [0.29, 0.717) is 19.3 Å². The first kappa shape index (κ1) is 72.8. The van der Waals surface area contributed by atoms with Crippen LogP contribution in [0.5, 0.6) is 0 Å². The lowest BCUT2D eigenvalue weighted by atomic mass is 10.0. The normalized spacial score (nSPS) is 12.9. The number of carbonyl (C=O) groups excluding carboxylic acids is 3. The average molecular weight is 1070 g/mol. The molecule has 1 atom stereocenters. The van der Waals surface area contributed by atoms with Gasteiger partial charge in [0.15, 0.2) is 6.10 Å². The van der Waals surface area contributed by atoms with Gasteiger partial charge in [-0.25, -0.2) is 0 Å². The minimum absolute atomic E-state index is 0.0949. The van der Waals surface area contributed by atoms with E-state index in [0.717, 1.165) is 154 Å². The molecule has 438 valence electrons. The molecule has 0 aromatic heterocycles. The molecule has 0 saturated heterocycles. The van der Waals surface area contributed by atoms with E-state index in [-0.39, 0.29) is 31.1 Å². The van der Waals surface area contributed by atoms with Crippen LogP contribution in [0.2, 0.25) is 0 Å². The first-order valence-electron chi connectivity index (χ1n) is 32.0. The number of unbranched alkanes of at least 4 members (excludes halogenated alkanes) is 26. The molecule has 0 aliphatic heterocycles. The maximum Gasteiger partial charge on any atom is 0.306 e. The summed E-state index contributed by atoms with van der Waals surface area (Å²) >= 11 is 0. The van der Waals surface area contributed by atoms with Gasteiger partial charge < -0.3 is 14.2 Å². The molecule has 0 aliphatic carbocycles. The molecule has 0 radical (unpaired) electrons. The predicted octanol–water partition coefficient (Wildman–Crippen LogP) is 22.0. The van der Waals surface area contributed by atoms with Gasteiger partial charge in [-0.3, -0.25) is 14.4 Å². The van der Waals surface area contributed by atoms with Gasteiger partial charge in [0.05, 0.1) is 0 Å². The van der Waals surface area contributed by atoms with Crippen molar-refractivity contribution in [1.29, 1.82) is 0 Å². The first-order valence-corrected chi connectivity index (χ1v) is 32.0. The number of hydrogen-bond acceptors (Lipinski definition) is 6. The van der Waals surface area contributed by atoms with E-state index in [1.165, 1.54) is 96.3 Å². The van der Waals surface area contributed by atoms with E-state index in [2.05, 4.69) is 142 Å². The Bertz CT molecular complexity index is 1600. The molecule has 77 heavy (non-hydrogen) atoms. The SMILES string of the molecule is CC/C=C\C/C=C\C/C=C\C/C=C\C/C=C\CCCCCCCC(=O)OC(COC(=O)CCCCCCC/C=C\C/C=C\C/C=C\CC)COC(=O)CCCCCCCCCCCCC/C=C\C/C=C\CCCCCCC. The Labute approximate surface area is 475 Å². The van der Waals surface area contributed by atoms with Crippen molar-refractivity contribution in [2.24, 2.45) is 0 Å². The van der Waals surface area contributed by atoms with Crippen LogP contribution in [0.1, 0.15) is 290 Å². The molecule has 0 fully saturated rings. The summed E-state index contributed by atoms with van der Waals surface area (Å²) in [5, 5.41) is 0. The van der Waals surface area contributed by atoms with Gasteiger partial charge in [0.2, 0.25) is 0 Å². The van der Waals surface area contributed by atoms with Gasteiger partial charge >= 0.3 is 17.9 Å². The minimum atomic E-state index is -0.802. The third-order valence-corrected chi connectivity index (χ3v) is 13.4. The second-order valence-electron chi connectivity index (χ2n) is 20.9. The molecular weight excluding hydrogens is 949 g/mol. The molecule has 0 spiro atoms. The van der Waals surface area contributed by atoms with Crippen molar-refractivity contribution in [3.8, 4) is 0 Å². The number of esters is 3. The van der Waals surface area contributed by atoms with Crippen LogP contribution in [0.15, 0.2) is 122 Å².